The average molecular weight is 568 g/mol. The van der Waals surface area contributed by atoms with Gasteiger partial charge in [0.15, 0.2) is 0 Å². The molecule has 0 bridgehead atoms. The van der Waals surface area contributed by atoms with Crippen LogP contribution in [0.2, 0.25) is 0 Å². The molecule has 7 heteroatoms. The first kappa shape index (κ1) is 22.3. The Bertz CT molecular complexity index is 1270. The lowest BCUT2D eigenvalue weighted by Gasteiger charge is -2.31. The summed E-state index contributed by atoms with van der Waals surface area (Å²) in [6.07, 6.45) is 1.90. The average Bonchev–Trinajstić information content (AvgIpc) is 3.19. The summed E-state index contributed by atoms with van der Waals surface area (Å²) in [5.74, 6) is 1.05. The minimum absolute atomic E-state index is 0.0343. The van der Waals surface area contributed by atoms with Gasteiger partial charge in [-0.2, -0.15) is 0 Å². The van der Waals surface area contributed by atoms with Crippen LogP contribution in [0, 0.1) is 5.92 Å². The first-order chi connectivity index (χ1) is 16.1. The molecule has 4 aromatic rings. The first-order valence-corrected chi connectivity index (χ1v) is 12.7. The summed E-state index contributed by atoms with van der Waals surface area (Å²) in [6.45, 7) is 2.39. The van der Waals surface area contributed by atoms with Crippen LogP contribution in [0.3, 0.4) is 0 Å². The van der Waals surface area contributed by atoms with E-state index in [4.69, 9.17) is 4.98 Å². The molecule has 1 N–H and O–H groups in total. The predicted octanol–water partition coefficient (Wildman–Crippen LogP) is 6.40. The van der Waals surface area contributed by atoms with Crippen LogP contribution in [0.25, 0.3) is 16.7 Å². The Morgan fingerprint density at radius 3 is 2.42 bits per heavy atom. The third kappa shape index (κ3) is 5.05. The van der Waals surface area contributed by atoms with Gasteiger partial charge in [0.25, 0.3) is 0 Å². The van der Waals surface area contributed by atoms with Crippen molar-refractivity contribution in [3.63, 3.8) is 0 Å². The fourth-order valence-electron chi connectivity index (χ4n) is 4.45. The van der Waals surface area contributed by atoms with E-state index in [0.29, 0.717) is 6.54 Å². The lowest BCUT2D eigenvalue weighted by atomic mass is 9.97. The number of piperidine rings is 1. The summed E-state index contributed by atoms with van der Waals surface area (Å²) in [4.78, 5) is 20.2. The van der Waals surface area contributed by atoms with Crippen LogP contribution in [0.15, 0.2) is 81.7 Å². The van der Waals surface area contributed by atoms with Gasteiger partial charge in [0.1, 0.15) is 5.82 Å². The zero-order valence-electron chi connectivity index (χ0n) is 18.0. The van der Waals surface area contributed by atoms with E-state index in [-0.39, 0.29) is 11.8 Å². The molecule has 0 unspecified atom stereocenters. The number of carbonyl (C=O) groups excluding carboxylic acids is 1. The van der Waals surface area contributed by atoms with Gasteiger partial charge in [0.2, 0.25) is 5.91 Å². The van der Waals surface area contributed by atoms with Gasteiger partial charge in [0, 0.05) is 26.9 Å². The molecule has 1 atom stereocenters. The molecule has 5 rings (SSSR count). The normalized spacial score (nSPS) is 16.7. The highest BCUT2D eigenvalue weighted by Crippen LogP contribution is 2.26. The van der Waals surface area contributed by atoms with Crippen molar-refractivity contribution in [1.29, 1.82) is 0 Å². The molecule has 5 nitrogen and oxygen atoms in total. The maximum atomic E-state index is 12.9. The molecular formula is C26H24Br2N4O. The molecule has 33 heavy (non-hydrogen) atoms. The van der Waals surface area contributed by atoms with Crippen molar-refractivity contribution in [3.05, 3.63) is 87.6 Å². The molecule has 0 radical (unpaired) electrons. The van der Waals surface area contributed by atoms with Crippen molar-refractivity contribution in [2.45, 2.75) is 19.4 Å². The topological polar surface area (TPSA) is 50.2 Å². The molecule has 1 aromatic heterocycles. The minimum atomic E-state index is -0.0343. The lowest BCUT2D eigenvalue weighted by Crippen LogP contribution is -2.40. The van der Waals surface area contributed by atoms with Crippen LogP contribution in [0.4, 0.5) is 5.69 Å². The molecule has 0 saturated carbocycles. The monoisotopic (exact) mass is 566 g/mol. The van der Waals surface area contributed by atoms with E-state index in [2.05, 4.69) is 83.0 Å². The molecule has 1 fully saturated rings. The molecular weight excluding hydrogens is 544 g/mol. The van der Waals surface area contributed by atoms with Crippen molar-refractivity contribution in [2.75, 3.05) is 18.4 Å². The number of nitrogens with zero attached hydrogens (tertiary/aromatic N) is 3. The number of hydrogen-bond donors (Lipinski definition) is 1. The fourth-order valence-corrected chi connectivity index (χ4v) is 4.98. The zero-order valence-corrected chi connectivity index (χ0v) is 21.2. The number of carbonyl (C=O) groups is 1. The highest BCUT2D eigenvalue weighted by molar-refractivity contribution is 9.10. The summed E-state index contributed by atoms with van der Waals surface area (Å²) in [5, 5.41) is 3.08. The lowest BCUT2D eigenvalue weighted by molar-refractivity contribution is -0.121. The molecule has 0 aliphatic carbocycles. The van der Waals surface area contributed by atoms with Crippen LogP contribution in [-0.4, -0.2) is 33.4 Å². The number of halogens is 2. The van der Waals surface area contributed by atoms with Crippen molar-refractivity contribution >= 4 is 54.5 Å². The third-order valence-corrected chi connectivity index (χ3v) is 7.13. The second kappa shape index (κ2) is 9.79. The molecule has 1 saturated heterocycles. The van der Waals surface area contributed by atoms with Gasteiger partial charge in [-0.25, -0.2) is 4.98 Å². The van der Waals surface area contributed by atoms with E-state index in [9.17, 15) is 4.79 Å². The first-order valence-electron chi connectivity index (χ1n) is 11.1. The molecule has 3 aromatic carbocycles. The molecule has 0 spiro atoms. The Kier molecular flexibility index (Phi) is 6.62. The van der Waals surface area contributed by atoms with Gasteiger partial charge in [0.05, 0.1) is 23.5 Å². The number of benzene rings is 3. The number of aromatic nitrogens is 2. The van der Waals surface area contributed by atoms with Crippen molar-refractivity contribution in [2.24, 2.45) is 5.92 Å². The van der Waals surface area contributed by atoms with Gasteiger partial charge in [-0.15, -0.1) is 0 Å². The Morgan fingerprint density at radius 2 is 1.67 bits per heavy atom. The van der Waals surface area contributed by atoms with E-state index in [1.807, 2.05) is 36.4 Å². The molecule has 1 aliphatic rings. The Labute approximate surface area is 210 Å². The number of para-hydroxylation sites is 2. The fraction of sp³-hybridized carbons (Fsp3) is 0.231. The quantitative estimate of drug-likeness (QED) is 0.303. The van der Waals surface area contributed by atoms with Gasteiger partial charge >= 0.3 is 0 Å². The van der Waals surface area contributed by atoms with Crippen LogP contribution in [-0.2, 0) is 11.3 Å². The van der Waals surface area contributed by atoms with Crippen molar-refractivity contribution < 1.29 is 4.79 Å². The number of hydrogen-bond acceptors (Lipinski definition) is 3. The summed E-state index contributed by atoms with van der Waals surface area (Å²) in [7, 11) is 0. The van der Waals surface area contributed by atoms with Crippen LogP contribution >= 0.6 is 31.9 Å². The van der Waals surface area contributed by atoms with Gasteiger partial charge in [-0.1, -0.05) is 44.0 Å². The number of likely N-dealkylation sites (tertiary alicyclic amines) is 1. The second-order valence-electron chi connectivity index (χ2n) is 8.40. The van der Waals surface area contributed by atoms with Crippen molar-refractivity contribution in [1.82, 2.24) is 14.5 Å². The smallest absolute Gasteiger partial charge is 0.228 e. The van der Waals surface area contributed by atoms with Crippen LogP contribution < -0.4 is 5.32 Å². The van der Waals surface area contributed by atoms with Crippen molar-refractivity contribution in [3.8, 4) is 5.69 Å². The second-order valence-corrected chi connectivity index (χ2v) is 10.2. The minimum Gasteiger partial charge on any atom is -0.326 e. The summed E-state index contributed by atoms with van der Waals surface area (Å²) in [6, 6.07) is 24.3. The maximum absolute atomic E-state index is 12.9. The van der Waals surface area contributed by atoms with Gasteiger partial charge in [-0.05, 0) is 80.1 Å². The highest BCUT2D eigenvalue weighted by Gasteiger charge is 2.27. The number of fused-ring (bicyclic) bond motifs is 1. The highest BCUT2D eigenvalue weighted by atomic mass is 79.9. The Balaban J connectivity index is 1.36. The number of imidazole rings is 1. The van der Waals surface area contributed by atoms with Gasteiger partial charge < -0.3 is 5.32 Å². The molecule has 1 amide bonds. The van der Waals surface area contributed by atoms with Crippen LogP contribution in [0.1, 0.15) is 18.7 Å². The third-order valence-electron chi connectivity index (χ3n) is 6.07. The SMILES string of the molecule is O=C(Nc1ccc(Br)cc1)[C@H]1CCCN(Cc2nc3ccccc3n2-c2ccc(Br)cc2)C1. The van der Waals surface area contributed by atoms with E-state index in [0.717, 1.165) is 63.1 Å². The zero-order chi connectivity index (χ0) is 22.8. The number of rotatable bonds is 5. The van der Waals surface area contributed by atoms with E-state index in [1.54, 1.807) is 0 Å². The standard InChI is InChI=1S/C26H24Br2N4O/c27-19-7-11-21(12-8-19)29-26(33)18-4-3-15-31(16-18)17-25-30-23-5-1-2-6-24(23)32(25)22-13-9-20(28)10-14-22/h1-2,5-14,18H,3-4,15-17H2,(H,29,33)/t18-/m0/s1. The summed E-state index contributed by atoms with van der Waals surface area (Å²) >= 11 is 6.97. The van der Waals surface area contributed by atoms with Gasteiger partial charge in [-0.3, -0.25) is 14.3 Å². The Hall–Kier alpha value is -2.48. The Morgan fingerprint density at radius 1 is 0.970 bits per heavy atom. The summed E-state index contributed by atoms with van der Waals surface area (Å²) in [5.41, 5.74) is 3.99. The van der Waals surface area contributed by atoms with E-state index < -0.39 is 0 Å². The molecule has 2 heterocycles. The molecule has 168 valence electrons. The number of nitrogens with one attached hydrogen (secondary N) is 1. The van der Waals surface area contributed by atoms with E-state index >= 15 is 0 Å². The van der Waals surface area contributed by atoms with E-state index in [1.165, 1.54) is 0 Å². The largest absolute Gasteiger partial charge is 0.326 e. The summed E-state index contributed by atoms with van der Waals surface area (Å²) < 4.78 is 4.28. The van der Waals surface area contributed by atoms with Crippen LogP contribution in [0.5, 0.6) is 0 Å². The maximum Gasteiger partial charge on any atom is 0.228 e. The molecule has 1 aliphatic heterocycles. The number of amides is 1. The predicted molar refractivity (Wildman–Crippen MR) is 140 cm³/mol. The number of anilines is 1.